The zero-order valence-corrected chi connectivity index (χ0v) is 19.4. The molecule has 164 valence electrons. The van der Waals surface area contributed by atoms with Crippen molar-refractivity contribution < 1.29 is 9.53 Å². The molecule has 0 spiro atoms. The van der Waals surface area contributed by atoms with Gasteiger partial charge in [0.25, 0.3) is 11.5 Å². The molecule has 1 aliphatic carbocycles. The number of amides is 1. The lowest BCUT2D eigenvalue weighted by Gasteiger charge is -2.22. The number of thiophene rings is 2. The fourth-order valence-electron chi connectivity index (χ4n) is 4.19. The lowest BCUT2D eigenvalue weighted by atomic mass is 9.97. The maximum atomic E-state index is 13.4. The summed E-state index contributed by atoms with van der Waals surface area (Å²) in [5.74, 6) is 1.00. The monoisotopic (exact) mass is 465 g/mol. The summed E-state index contributed by atoms with van der Waals surface area (Å²) in [5, 5.41) is 2.73. The predicted molar refractivity (Wildman–Crippen MR) is 128 cm³/mol. The van der Waals surface area contributed by atoms with Gasteiger partial charge < -0.3 is 14.6 Å². The van der Waals surface area contributed by atoms with Crippen LogP contribution in [0.3, 0.4) is 0 Å². The molecule has 3 heterocycles. The first-order chi connectivity index (χ1) is 15.6. The second-order valence-corrected chi connectivity index (χ2v) is 9.99. The number of benzene rings is 1. The fourth-order valence-corrected chi connectivity index (χ4v) is 6.19. The highest BCUT2D eigenvalue weighted by Crippen LogP contribution is 2.33. The minimum Gasteiger partial charge on any atom is -0.497 e. The normalized spacial score (nSPS) is 13.2. The van der Waals surface area contributed by atoms with Crippen molar-refractivity contribution in [3.05, 3.63) is 78.8 Å². The third kappa shape index (κ3) is 4.08. The van der Waals surface area contributed by atoms with Gasteiger partial charge in [-0.3, -0.25) is 9.59 Å². The van der Waals surface area contributed by atoms with Crippen LogP contribution in [0.25, 0.3) is 10.2 Å². The van der Waals surface area contributed by atoms with E-state index < -0.39 is 0 Å². The van der Waals surface area contributed by atoms with Crippen molar-refractivity contribution in [2.45, 2.75) is 38.8 Å². The van der Waals surface area contributed by atoms with Crippen molar-refractivity contribution in [3.63, 3.8) is 0 Å². The number of hydrogen-bond donors (Lipinski definition) is 1. The van der Waals surface area contributed by atoms with Crippen LogP contribution in [0.5, 0.6) is 5.75 Å². The second-order valence-electron chi connectivity index (χ2n) is 7.88. The Hall–Kier alpha value is -2.97. The number of methoxy groups -OCH3 is 1. The van der Waals surface area contributed by atoms with E-state index in [1.807, 2.05) is 23.6 Å². The molecule has 0 bridgehead atoms. The van der Waals surface area contributed by atoms with E-state index in [9.17, 15) is 9.59 Å². The highest BCUT2D eigenvalue weighted by molar-refractivity contribution is 7.18. The van der Waals surface area contributed by atoms with Crippen molar-refractivity contribution in [1.82, 2.24) is 14.9 Å². The summed E-state index contributed by atoms with van der Waals surface area (Å²) in [5.41, 5.74) is 1.60. The maximum absolute atomic E-state index is 13.4. The van der Waals surface area contributed by atoms with E-state index in [1.54, 1.807) is 52.9 Å². The highest BCUT2D eigenvalue weighted by Gasteiger charge is 2.22. The number of aryl methyl sites for hydroxylation is 2. The van der Waals surface area contributed by atoms with E-state index in [0.29, 0.717) is 23.7 Å². The standard InChI is InChI=1S/C24H23N3O3S2/c1-30-16-7-4-6-15(12-16)24(29)27(13-17-8-5-11-31-17)14-20-25-22(28)21-18-9-2-3-10-19(18)32-23(21)26-20/h4-8,11-12H,2-3,9-10,13-14H2,1H3,(H,25,26,28). The van der Waals surface area contributed by atoms with Gasteiger partial charge in [0.1, 0.15) is 16.4 Å². The summed E-state index contributed by atoms with van der Waals surface area (Å²) in [6.07, 6.45) is 4.24. The molecule has 1 amide bonds. The Labute approximate surface area is 193 Å². The summed E-state index contributed by atoms with van der Waals surface area (Å²) in [7, 11) is 1.58. The quantitative estimate of drug-likeness (QED) is 0.445. The molecule has 1 aromatic carbocycles. The number of rotatable bonds is 6. The van der Waals surface area contributed by atoms with E-state index in [-0.39, 0.29) is 18.0 Å². The summed E-state index contributed by atoms with van der Waals surface area (Å²) < 4.78 is 5.29. The molecule has 0 saturated carbocycles. The van der Waals surface area contributed by atoms with Crippen LogP contribution in [-0.4, -0.2) is 27.9 Å². The molecule has 0 aliphatic heterocycles. The van der Waals surface area contributed by atoms with E-state index in [4.69, 9.17) is 9.72 Å². The molecular weight excluding hydrogens is 442 g/mol. The Morgan fingerprint density at radius 3 is 2.88 bits per heavy atom. The molecule has 0 fully saturated rings. The Balaban J connectivity index is 1.50. The Kier molecular flexibility index (Phi) is 5.80. The minimum absolute atomic E-state index is 0.102. The smallest absolute Gasteiger partial charge is 0.259 e. The molecule has 0 unspecified atom stereocenters. The maximum Gasteiger partial charge on any atom is 0.259 e. The van der Waals surface area contributed by atoms with Gasteiger partial charge in [-0.25, -0.2) is 4.98 Å². The Morgan fingerprint density at radius 1 is 1.19 bits per heavy atom. The molecule has 32 heavy (non-hydrogen) atoms. The van der Waals surface area contributed by atoms with Gasteiger partial charge in [0.05, 0.1) is 25.6 Å². The lowest BCUT2D eigenvalue weighted by molar-refractivity contribution is 0.0727. The Bertz CT molecular complexity index is 1320. The summed E-state index contributed by atoms with van der Waals surface area (Å²) >= 11 is 3.22. The van der Waals surface area contributed by atoms with Crippen molar-refractivity contribution >= 4 is 38.8 Å². The van der Waals surface area contributed by atoms with Gasteiger partial charge in [0, 0.05) is 15.3 Å². The zero-order chi connectivity index (χ0) is 22.1. The number of nitrogens with one attached hydrogen (secondary N) is 1. The van der Waals surface area contributed by atoms with Crippen molar-refractivity contribution in [2.24, 2.45) is 0 Å². The van der Waals surface area contributed by atoms with E-state index in [1.165, 1.54) is 10.4 Å². The van der Waals surface area contributed by atoms with Crippen LogP contribution in [0.1, 0.15) is 44.3 Å². The molecule has 4 aromatic rings. The third-order valence-corrected chi connectivity index (χ3v) is 7.79. The molecule has 0 radical (unpaired) electrons. The van der Waals surface area contributed by atoms with Gasteiger partial charge in [-0.1, -0.05) is 12.1 Å². The number of nitrogens with zero attached hydrogens (tertiary/aromatic N) is 2. The number of ether oxygens (including phenoxy) is 1. The van der Waals surface area contributed by atoms with Gasteiger partial charge in [-0.2, -0.15) is 0 Å². The second kappa shape index (κ2) is 8.88. The molecule has 1 aliphatic rings. The first kappa shape index (κ1) is 20.9. The van der Waals surface area contributed by atoms with Crippen LogP contribution in [0.15, 0.2) is 46.6 Å². The minimum atomic E-state index is -0.134. The predicted octanol–water partition coefficient (Wildman–Crippen LogP) is 4.78. The number of H-pyrrole nitrogens is 1. The zero-order valence-electron chi connectivity index (χ0n) is 17.7. The average Bonchev–Trinajstić information content (AvgIpc) is 3.45. The first-order valence-corrected chi connectivity index (χ1v) is 12.3. The topological polar surface area (TPSA) is 75.3 Å². The number of hydrogen-bond acceptors (Lipinski definition) is 6. The summed E-state index contributed by atoms with van der Waals surface area (Å²) in [6.45, 7) is 0.665. The molecule has 5 rings (SSSR count). The van der Waals surface area contributed by atoms with Gasteiger partial charge in [0.15, 0.2) is 0 Å². The molecule has 6 nitrogen and oxygen atoms in total. The van der Waals surface area contributed by atoms with Gasteiger partial charge in [-0.05, 0) is 60.9 Å². The Morgan fingerprint density at radius 2 is 2.06 bits per heavy atom. The molecule has 0 atom stereocenters. The highest BCUT2D eigenvalue weighted by atomic mass is 32.1. The van der Waals surface area contributed by atoms with Crippen LogP contribution in [-0.2, 0) is 25.9 Å². The first-order valence-electron chi connectivity index (χ1n) is 10.6. The SMILES string of the molecule is COc1cccc(C(=O)N(Cc2nc3sc4c(c3c(=O)[nH]2)CCCC4)Cc2cccs2)c1. The van der Waals surface area contributed by atoms with Crippen molar-refractivity contribution in [1.29, 1.82) is 0 Å². The largest absolute Gasteiger partial charge is 0.497 e. The lowest BCUT2D eigenvalue weighted by Crippen LogP contribution is -2.31. The van der Waals surface area contributed by atoms with Crippen LogP contribution in [0.2, 0.25) is 0 Å². The van der Waals surface area contributed by atoms with Crippen molar-refractivity contribution in [2.75, 3.05) is 7.11 Å². The number of carbonyl (C=O) groups excluding carboxylic acids is 1. The number of aromatic nitrogens is 2. The molecule has 1 N–H and O–H groups in total. The van der Waals surface area contributed by atoms with Crippen LogP contribution >= 0.6 is 22.7 Å². The fraction of sp³-hybridized carbons (Fsp3) is 0.292. The van der Waals surface area contributed by atoms with E-state index >= 15 is 0 Å². The average molecular weight is 466 g/mol. The summed E-state index contributed by atoms with van der Waals surface area (Å²) in [4.78, 5) is 38.9. The molecule has 0 saturated heterocycles. The molecular formula is C24H23N3O3S2. The van der Waals surface area contributed by atoms with Crippen LogP contribution in [0, 0.1) is 0 Å². The molecule has 8 heteroatoms. The van der Waals surface area contributed by atoms with Gasteiger partial charge >= 0.3 is 0 Å². The van der Waals surface area contributed by atoms with E-state index in [2.05, 4.69) is 4.98 Å². The van der Waals surface area contributed by atoms with Gasteiger partial charge in [0.2, 0.25) is 0 Å². The third-order valence-electron chi connectivity index (χ3n) is 5.75. The van der Waals surface area contributed by atoms with Crippen molar-refractivity contribution in [3.8, 4) is 5.75 Å². The van der Waals surface area contributed by atoms with Crippen LogP contribution in [0.4, 0.5) is 0 Å². The van der Waals surface area contributed by atoms with E-state index in [0.717, 1.165) is 40.8 Å². The number of fused-ring (bicyclic) bond motifs is 3. The van der Waals surface area contributed by atoms with Gasteiger partial charge in [-0.15, -0.1) is 22.7 Å². The van der Waals surface area contributed by atoms with Crippen LogP contribution < -0.4 is 10.3 Å². The molecule has 3 aromatic heterocycles. The number of carbonyl (C=O) groups is 1. The summed E-state index contributed by atoms with van der Waals surface area (Å²) in [6, 6.07) is 11.1. The number of aromatic amines is 1.